The van der Waals surface area contributed by atoms with Gasteiger partial charge >= 0.3 is 0 Å². The van der Waals surface area contributed by atoms with Crippen molar-refractivity contribution in [3.05, 3.63) is 0 Å². The third-order valence-electron chi connectivity index (χ3n) is 4.25. The van der Waals surface area contributed by atoms with Crippen molar-refractivity contribution >= 4 is 5.96 Å². The number of rotatable bonds is 7. The first-order chi connectivity index (χ1) is 9.29. The summed E-state index contributed by atoms with van der Waals surface area (Å²) < 4.78 is 0. The summed E-state index contributed by atoms with van der Waals surface area (Å²) in [4.78, 5) is 7.15. The number of nitrogens with one attached hydrogen (secondary N) is 2. The number of guanidine groups is 1. The number of nitrogens with zero attached hydrogens (tertiary/aromatic N) is 2. The van der Waals surface area contributed by atoms with E-state index in [2.05, 4.69) is 34.5 Å². The summed E-state index contributed by atoms with van der Waals surface area (Å²) in [6.07, 6.45) is 8.32. The molecule has 4 nitrogen and oxygen atoms in total. The van der Waals surface area contributed by atoms with E-state index in [1.807, 2.05) is 0 Å². The van der Waals surface area contributed by atoms with E-state index in [1.54, 1.807) is 0 Å². The molecule has 0 aliphatic heterocycles. The smallest absolute Gasteiger partial charge is 0.191 e. The lowest BCUT2D eigenvalue weighted by Crippen LogP contribution is -2.42. The van der Waals surface area contributed by atoms with Crippen molar-refractivity contribution in [1.82, 2.24) is 15.5 Å². The number of likely N-dealkylation sites (N-methyl/N-ethyl adjacent to an activating group) is 1. The van der Waals surface area contributed by atoms with Gasteiger partial charge in [-0.3, -0.25) is 4.99 Å². The largest absolute Gasteiger partial charge is 0.357 e. The van der Waals surface area contributed by atoms with E-state index in [1.165, 1.54) is 38.5 Å². The Kier molecular flexibility index (Phi) is 5.95. The molecule has 2 fully saturated rings. The first kappa shape index (κ1) is 14.6. The van der Waals surface area contributed by atoms with Gasteiger partial charge < -0.3 is 15.5 Å². The Morgan fingerprint density at radius 1 is 1.16 bits per heavy atom. The fourth-order valence-electron chi connectivity index (χ4n) is 2.74. The first-order valence-electron chi connectivity index (χ1n) is 8.02. The van der Waals surface area contributed by atoms with Gasteiger partial charge in [-0.25, -0.2) is 0 Å². The van der Waals surface area contributed by atoms with Crippen molar-refractivity contribution in [2.45, 2.75) is 51.5 Å². The molecule has 2 saturated carbocycles. The van der Waals surface area contributed by atoms with Crippen molar-refractivity contribution < 1.29 is 0 Å². The van der Waals surface area contributed by atoms with E-state index >= 15 is 0 Å². The molecule has 19 heavy (non-hydrogen) atoms. The summed E-state index contributed by atoms with van der Waals surface area (Å²) in [7, 11) is 2.26. The lowest BCUT2D eigenvalue weighted by molar-refractivity contribution is 0.249. The van der Waals surface area contributed by atoms with Gasteiger partial charge in [0.15, 0.2) is 5.96 Å². The van der Waals surface area contributed by atoms with Crippen LogP contribution in [-0.4, -0.2) is 50.1 Å². The van der Waals surface area contributed by atoms with E-state index in [-0.39, 0.29) is 0 Å². The van der Waals surface area contributed by atoms with Crippen LogP contribution in [0.3, 0.4) is 0 Å². The molecule has 2 N–H and O–H groups in total. The summed E-state index contributed by atoms with van der Waals surface area (Å²) in [5, 5.41) is 6.78. The Morgan fingerprint density at radius 3 is 2.53 bits per heavy atom. The van der Waals surface area contributed by atoms with Gasteiger partial charge in [0.05, 0.1) is 0 Å². The highest BCUT2D eigenvalue weighted by atomic mass is 15.2. The minimum Gasteiger partial charge on any atom is -0.357 e. The minimum atomic E-state index is 0.813. The van der Waals surface area contributed by atoms with Crippen LogP contribution in [0.25, 0.3) is 0 Å². The molecule has 110 valence electrons. The maximum absolute atomic E-state index is 4.65. The second-order valence-corrected chi connectivity index (χ2v) is 6.01. The molecule has 0 unspecified atom stereocenters. The predicted octanol–water partition coefficient (Wildman–Crippen LogP) is 1.83. The Hall–Kier alpha value is -0.770. The number of hydrogen-bond acceptors (Lipinski definition) is 2. The Morgan fingerprint density at radius 2 is 1.89 bits per heavy atom. The molecule has 0 heterocycles. The van der Waals surface area contributed by atoms with Gasteiger partial charge in [-0.15, -0.1) is 0 Å². The quantitative estimate of drug-likeness (QED) is 0.545. The van der Waals surface area contributed by atoms with E-state index in [9.17, 15) is 0 Å². The second kappa shape index (κ2) is 7.73. The van der Waals surface area contributed by atoms with Crippen molar-refractivity contribution in [3.8, 4) is 0 Å². The molecule has 0 bridgehead atoms. The van der Waals surface area contributed by atoms with E-state index in [0.29, 0.717) is 0 Å². The maximum Gasteiger partial charge on any atom is 0.191 e. The zero-order valence-electron chi connectivity index (χ0n) is 12.6. The third-order valence-corrected chi connectivity index (χ3v) is 4.25. The van der Waals surface area contributed by atoms with Gasteiger partial charge in [-0.1, -0.05) is 12.8 Å². The molecule has 2 aliphatic carbocycles. The number of hydrogen-bond donors (Lipinski definition) is 2. The normalized spacial score (nSPS) is 21.1. The van der Waals surface area contributed by atoms with Crippen LogP contribution in [0.4, 0.5) is 0 Å². The van der Waals surface area contributed by atoms with Gasteiger partial charge in [0.2, 0.25) is 0 Å². The maximum atomic E-state index is 4.65. The fraction of sp³-hybridized carbons (Fsp3) is 0.933. The monoisotopic (exact) mass is 266 g/mol. The lowest BCUT2D eigenvalue weighted by atomic mass is 10.2. The highest BCUT2D eigenvalue weighted by molar-refractivity contribution is 5.79. The molecule has 0 aromatic carbocycles. The van der Waals surface area contributed by atoms with Gasteiger partial charge in [0, 0.05) is 32.2 Å². The SMILES string of the molecule is CCNC(=NCC1CC1)NCCN(C)C1CCCC1. The first-order valence-corrected chi connectivity index (χ1v) is 8.02. The summed E-state index contributed by atoms with van der Waals surface area (Å²) in [6, 6.07) is 0.813. The second-order valence-electron chi connectivity index (χ2n) is 6.01. The standard InChI is InChI=1S/C15H30N4/c1-3-16-15(18-12-13-8-9-13)17-10-11-19(2)14-6-4-5-7-14/h13-14H,3-12H2,1-2H3,(H2,16,17,18). The molecule has 2 rings (SSSR count). The molecule has 4 heteroatoms. The van der Waals surface area contributed by atoms with Crippen LogP contribution in [0.5, 0.6) is 0 Å². The molecule has 0 atom stereocenters. The molecule has 0 radical (unpaired) electrons. The summed E-state index contributed by atoms with van der Waals surface area (Å²) in [5.41, 5.74) is 0. The molecule has 0 spiro atoms. The van der Waals surface area contributed by atoms with Crippen molar-refractivity contribution in [2.24, 2.45) is 10.9 Å². The van der Waals surface area contributed by atoms with Gasteiger partial charge in [0.25, 0.3) is 0 Å². The van der Waals surface area contributed by atoms with Gasteiger partial charge in [0.1, 0.15) is 0 Å². The highest BCUT2D eigenvalue weighted by Gasteiger charge is 2.21. The van der Waals surface area contributed by atoms with Crippen molar-refractivity contribution in [2.75, 3.05) is 33.2 Å². The van der Waals surface area contributed by atoms with Crippen LogP contribution in [0.15, 0.2) is 4.99 Å². The van der Waals surface area contributed by atoms with Crippen LogP contribution in [0, 0.1) is 5.92 Å². The molecule has 0 aromatic heterocycles. The van der Waals surface area contributed by atoms with Crippen LogP contribution in [0.1, 0.15) is 45.4 Å². The summed E-state index contributed by atoms with van der Waals surface area (Å²) in [5.74, 6) is 1.85. The molecule has 2 aliphatic rings. The van der Waals surface area contributed by atoms with Crippen molar-refractivity contribution in [3.63, 3.8) is 0 Å². The molecular weight excluding hydrogens is 236 g/mol. The molecular formula is C15H30N4. The molecule has 0 aromatic rings. The van der Waals surface area contributed by atoms with Crippen LogP contribution in [-0.2, 0) is 0 Å². The fourth-order valence-corrected chi connectivity index (χ4v) is 2.74. The summed E-state index contributed by atoms with van der Waals surface area (Å²) >= 11 is 0. The zero-order valence-corrected chi connectivity index (χ0v) is 12.6. The topological polar surface area (TPSA) is 39.7 Å². The van der Waals surface area contributed by atoms with Gasteiger partial charge in [-0.05, 0) is 45.6 Å². The zero-order chi connectivity index (χ0) is 13.5. The predicted molar refractivity (Wildman–Crippen MR) is 81.6 cm³/mol. The minimum absolute atomic E-state index is 0.813. The molecule has 0 saturated heterocycles. The van der Waals surface area contributed by atoms with E-state index in [0.717, 1.165) is 44.1 Å². The van der Waals surface area contributed by atoms with Crippen LogP contribution in [0.2, 0.25) is 0 Å². The average Bonchev–Trinajstić information content (AvgIpc) is 3.07. The van der Waals surface area contributed by atoms with Crippen molar-refractivity contribution in [1.29, 1.82) is 0 Å². The van der Waals surface area contributed by atoms with E-state index < -0.39 is 0 Å². The highest BCUT2D eigenvalue weighted by Crippen LogP contribution is 2.28. The third kappa shape index (κ3) is 5.39. The Balaban J connectivity index is 1.64. The summed E-state index contributed by atoms with van der Waals surface area (Å²) in [6.45, 7) is 6.16. The van der Waals surface area contributed by atoms with Crippen LogP contribution < -0.4 is 10.6 Å². The average molecular weight is 266 g/mol. The number of aliphatic imine (C=N–C) groups is 1. The van der Waals surface area contributed by atoms with E-state index in [4.69, 9.17) is 0 Å². The molecule has 0 amide bonds. The Bertz CT molecular complexity index is 280. The lowest BCUT2D eigenvalue weighted by Gasteiger charge is -2.24. The van der Waals surface area contributed by atoms with Gasteiger partial charge in [-0.2, -0.15) is 0 Å². The van der Waals surface area contributed by atoms with Crippen LogP contribution >= 0.6 is 0 Å². The Labute approximate surface area is 118 Å².